The second-order valence-electron chi connectivity index (χ2n) is 5.39. The van der Waals surface area contributed by atoms with Crippen molar-refractivity contribution in [1.82, 2.24) is 5.32 Å². The molecule has 21 heavy (non-hydrogen) atoms. The number of hydrogen-bond acceptors (Lipinski definition) is 4. The Morgan fingerprint density at radius 2 is 2.33 bits per heavy atom. The summed E-state index contributed by atoms with van der Waals surface area (Å²) in [6.07, 6.45) is 1.30. The van der Waals surface area contributed by atoms with Crippen molar-refractivity contribution in [3.8, 4) is 0 Å². The molecule has 2 rings (SSSR count). The Morgan fingerprint density at radius 1 is 1.48 bits per heavy atom. The summed E-state index contributed by atoms with van der Waals surface area (Å²) in [6.45, 7) is 7.15. The Labute approximate surface area is 132 Å². The van der Waals surface area contributed by atoms with Gasteiger partial charge < -0.3 is 19.7 Å². The van der Waals surface area contributed by atoms with Crippen molar-refractivity contribution in [1.29, 1.82) is 0 Å². The van der Waals surface area contributed by atoms with Crippen LogP contribution in [0.15, 0.2) is 18.2 Å². The maximum atomic E-state index is 6.41. The Morgan fingerprint density at radius 3 is 3.14 bits per heavy atom. The van der Waals surface area contributed by atoms with Crippen LogP contribution in [0.5, 0.6) is 0 Å². The monoisotopic (exact) mass is 312 g/mol. The van der Waals surface area contributed by atoms with Crippen LogP contribution in [0.3, 0.4) is 0 Å². The summed E-state index contributed by atoms with van der Waals surface area (Å²) in [5.41, 5.74) is 2.37. The van der Waals surface area contributed by atoms with Gasteiger partial charge in [-0.3, -0.25) is 0 Å². The van der Waals surface area contributed by atoms with Crippen LogP contribution in [0.25, 0.3) is 0 Å². The van der Waals surface area contributed by atoms with E-state index in [1.807, 2.05) is 12.1 Å². The molecule has 0 radical (unpaired) electrons. The van der Waals surface area contributed by atoms with E-state index in [1.165, 1.54) is 5.69 Å². The van der Waals surface area contributed by atoms with Gasteiger partial charge >= 0.3 is 0 Å². The normalized spacial score (nSPS) is 19.6. The number of methoxy groups -OCH3 is 1. The maximum Gasteiger partial charge on any atom is 0.0721 e. The lowest BCUT2D eigenvalue weighted by atomic mass is 10.1. The molecule has 1 aliphatic heterocycles. The van der Waals surface area contributed by atoms with E-state index in [4.69, 9.17) is 21.1 Å². The number of halogens is 1. The molecule has 0 saturated carbocycles. The highest BCUT2D eigenvalue weighted by Gasteiger charge is 2.18. The average Bonchev–Trinajstić information content (AvgIpc) is 2.69. The van der Waals surface area contributed by atoms with Crippen LogP contribution >= 0.6 is 11.6 Å². The molecular weight excluding hydrogens is 288 g/mol. The lowest BCUT2D eigenvalue weighted by molar-refractivity contribution is 0.0821. The molecule has 0 spiro atoms. The van der Waals surface area contributed by atoms with Crippen LogP contribution in [0.2, 0.25) is 5.02 Å². The van der Waals surface area contributed by atoms with Gasteiger partial charge in [0.1, 0.15) is 0 Å². The summed E-state index contributed by atoms with van der Waals surface area (Å²) in [7, 11) is 1.71. The number of ether oxygens (including phenoxy) is 2. The van der Waals surface area contributed by atoms with Gasteiger partial charge in [0.25, 0.3) is 0 Å². The second kappa shape index (κ2) is 8.59. The quantitative estimate of drug-likeness (QED) is 0.819. The van der Waals surface area contributed by atoms with E-state index in [9.17, 15) is 0 Å². The first-order valence-corrected chi connectivity index (χ1v) is 7.93. The summed E-state index contributed by atoms with van der Waals surface area (Å²) in [5, 5.41) is 4.20. The van der Waals surface area contributed by atoms with Crippen molar-refractivity contribution >= 4 is 17.3 Å². The predicted octanol–water partition coefficient (Wildman–Crippen LogP) is 2.69. The van der Waals surface area contributed by atoms with Gasteiger partial charge in [-0.05, 0) is 25.5 Å². The smallest absolute Gasteiger partial charge is 0.0721 e. The Hall–Kier alpha value is -0.810. The Balaban J connectivity index is 2.11. The van der Waals surface area contributed by atoms with Crippen LogP contribution in [0.1, 0.15) is 18.9 Å². The molecule has 1 fully saturated rings. The highest BCUT2D eigenvalue weighted by Crippen LogP contribution is 2.28. The molecule has 1 N–H and O–H groups in total. The molecule has 0 aliphatic carbocycles. The average molecular weight is 313 g/mol. The molecule has 1 aromatic carbocycles. The largest absolute Gasteiger partial charge is 0.383 e. The molecule has 4 nitrogen and oxygen atoms in total. The van der Waals surface area contributed by atoms with Crippen LogP contribution in [0.4, 0.5) is 5.69 Å². The van der Waals surface area contributed by atoms with Crippen LogP contribution < -0.4 is 10.2 Å². The lowest BCUT2D eigenvalue weighted by Gasteiger charge is -2.27. The zero-order valence-corrected chi connectivity index (χ0v) is 13.7. The molecule has 1 aromatic rings. The molecule has 1 aliphatic rings. The minimum Gasteiger partial charge on any atom is -0.383 e. The number of nitrogens with one attached hydrogen (secondary N) is 1. The van der Waals surface area contributed by atoms with Gasteiger partial charge in [-0.2, -0.15) is 0 Å². The fraction of sp³-hybridized carbons (Fsp3) is 0.625. The first kappa shape index (κ1) is 16.6. The molecule has 1 atom stereocenters. The summed E-state index contributed by atoms with van der Waals surface area (Å²) in [6, 6.07) is 6.13. The van der Waals surface area contributed by atoms with E-state index in [2.05, 4.69) is 23.2 Å². The standard InChI is InChI=1S/C16H25ClN2O2/c1-13-12-19(8-4-9-21-13)16-6-3-5-15(17)14(16)11-18-7-10-20-2/h3,5-6,13,18H,4,7-12H2,1-2H3. The molecule has 1 saturated heterocycles. The van der Waals surface area contributed by atoms with Crippen molar-refractivity contribution in [2.45, 2.75) is 26.0 Å². The minimum atomic E-state index is 0.251. The first-order chi connectivity index (χ1) is 10.2. The molecular formula is C16H25ClN2O2. The summed E-state index contributed by atoms with van der Waals surface area (Å²) in [4.78, 5) is 2.39. The molecule has 0 aromatic heterocycles. The van der Waals surface area contributed by atoms with Gasteiger partial charge in [0, 0.05) is 56.2 Å². The van der Waals surface area contributed by atoms with E-state index in [-0.39, 0.29) is 6.10 Å². The predicted molar refractivity (Wildman–Crippen MR) is 87.3 cm³/mol. The third kappa shape index (κ3) is 4.85. The number of rotatable bonds is 6. The van der Waals surface area contributed by atoms with Crippen LogP contribution in [-0.2, 0) is 16.0 Å². The van der Waals surface area contributed by atoms with E-state index >= 15 is 0 Å². The van der Waals surface area contributed by atoms with Gasteiger partial charge in [-0.1, -0.05) is 17.7 Å². The van der Waals surface area contributed by atoms with Gasteiger partial charge in [0.2, 0.25) is 0 Å². The zero-order valence-electron chi connectivity index (χ0n) is 12.9. The van der Waals surface area contributed by atoms with E-state index < -0.39 is 0 Å². The fourth-order valence-electron chi connectivity index (χ4n) is 2.62. The number of benzene rings is 1. The fourth-order valence-corrected chi connectivity index (χ4v) is 2.86. The van der Waals surface area contributed by atoms with E-state index in [1.54, 1.807) is 7.11 Å². The van der Waals surface area contributed by atoms with Gasteiger partial charge in [-0.15, -0.1) is 0 Å². The number of hydrogen-bond donors (Lipinski definition) is 1. The Kier molecular flexibility index (Phi) is 6.77. The highest BCUT2D eigenvalue weighted by molar-refractivity contribution is 6.31. The molecule has 1 unspecified atom stereocenters. The first-order valence-electron chi connectivity index (χ1n) is 7.56. The third-order valence-electron chi connectivity index (χ3n) is 3.67. The molecule has 0 bridgehead atoms. The lowest BCUT2D eigenvalue weighted by Crippen LogP contribution is -2.31. The summed E-state index contributed by atoms with van der Waals surface area (Å²) < 4.78 is 10.8. The SMILES string of the molecule is COCCNCc1c(Cl)cccc1N1CCCOC(C)C1. The van der Waals surface area contributed by atoms with Crippen molar-refractivity contribution < 1.29 is 9.47 Å². The minimum absolute atomic E-state index is 0.251. The molecule has 1 heterocycles. The van der Waals surface area contributed by atoms with Crippen LogP contribution in [-0.4, -0.2) is 46.1 Å². The van der Waals surface area contributed by atoms with Gasteiger partial charge in [0.05, 0.1) is 12.7 Å². The number of nitrogens with zero attached hydrogens (tertiary/aromatic N) is 1. The zero-order chi connectivity index (χ0) is 15.1. The van der Waals surface area contributed by atoms with Crippen molar-refractivity contribution in [3.05, 3.63) is 28.8 Å². The maximum absolute atomic E-state index is 6.41. The molecule has 0 amide bonds. The summed E-state index contributed by atoms with van der Waals surface area (Å²) in [5.74, 6) is 0. The molecule has 118 valence electrons. The van der Waals surface area contributed by atoms with E-state index in [0.717, 1.165) is 49.8 Å². The van der Waals surface area contributed by atoms with E-state index in [0.29, 0.717) is 6.61 Å². The topological polar surface area (TPSA) is 33.7 Å². The van der Waals surface area contributed by atoms with Crippen LogP contribution in [0, 0.1) is 0 Å². The van der Waals surface area contributed by atoms with Crippen molar-refractivity contribution in [2.24, 2.45) is 0 Å². The number of anilines is 1. The van der Waals surface area contributed by atoms with Crippen molar-refractivity contribution in [3.63, 3.8) is 0 Å². The van der Waals surface area contributed by atoms with Crippen molar-refractivity contribution in [2.75, 3.05) is 44.9 Å². The highest BCUT2D eigenvalue weighted by atomic mass is 35.5. The van der Waals surface area contributed by atoms with Gasteiger partial charge in [-0.25, -0.2) is 0 Å². The molecule has 5 heteroatoms. The Bertz CT molecular complexity index is 442. The summed E-state index contributed by atoms with van der Waals surface area (Å²) >= 11 is 6.41. The second-order valence-corrected chi connectivity index (χ2v) is 5.80. The van der Waals surface area contributed by atoms with Gasteiger partial charge in [0.15, 0.2) is 0 Å². The third-order valence-corrected chi connectivity index (χ3v) is 4.03.